The van der Waals surface area contributed by atoms with Gasteiger partial charge in [-0.2, -0.15) is 0 Å². The number of hydrogen-bond acceptors (Lipinski definition) is 2. The zero-order valence-electron chi connectivity index (χ0n) is 56.2. The summed E-state index contributed by atoms with van der Waals surface area (Å²) in [6, 6.07) is 118. The summed E-state index contributed by atoms with van der Waals surface area (Å²) in [6.45, 7) is -0.512. The van der Waals surface area contributed by atoms with Gasteiger partial charge in [0.05, 0.1) is 29.3 Å². The highest BCUT2D eigenvalue weighted by Gasteiger charge is 2.46. The topological polar surface area (TPSA) is 11.4 Å². The number of fused-ring (bicyclic) bond motifs is 7. The van der Waals surface area contributed by atoms with E-state index in [-0.39, 0.29) is 29.7 Å². The van der Waals surface area contributed by atoms with E-state index in [1.54, 1.807) is 0 Å². The Bertz CT molecular complexity index is 5610. The van der Waals surface area contributed by atoms with Gasteiger partial charge in [0.15, 0.2) is 0 Å². The predicted octanol–water partition coefficient (Wildman–Crippen LogP) is 22.2. The maximum absolute atomic E-state index is 9.57. The van der Waals surface area contributed by atoms with Crippen LogP contribution in [0.25, 0.3) is 117 Å². The molecule has 3 heterocycles. The molecular weight excluding hydrogens is 1130 g/mol. The molecule has 0 unspecified atom stereocenters. The molecule has 15 aromatic carbocycles. The Morgan fingerprint density at radius 3 is 1.10 bits per heavy atom. The van der Waals surface area contributed by atoms with Crippen molar-refractivity contribution in [2.24, 2.45) is 0 Å². The third-order valence-corrected chi connectivity index (χ3v) is 19.0. The Labute approximate surface area is 555 Å². The molecule has 0 N–H and O–H groups in total. The van der Waals surface area contributed by atoms with Crippen LogP contribution in [0.4, 0.5) is 34.1 Å². The maximum atomic E-state index is 9.57. The molecule has 94 heavy (non-hydrogen) atoms. The minimum atomic E-state index is -0.512. The van der Waals surface area contributed by atoms with Crippen molar-refractivity contribution >= 4 is 79.0 Å². The van der Waals surface area contributed by atoms with Crippen molar-refractivity contribution in [3.63, 3.8) is 0 Å². The summed E-state index contributed by atoms with van der Waals surface area (Å²) < 4.78 is 48.5. The van der Waals surface area contributed by atoms with Crippen molar-refractivity contribution in [3.05, 3.63) is 364 Å². The first kappa shape index (κ1) is 49.5. The molecule has 0 saturated carbocycles. The van der Waals surface area contributed by atoms with Crippen molar-refractivity contribution < 1.29 is 6.85 Å². The van der Waals surface area contributed by atoms with Gasteiger partial charge in [0.2, 0.25) is 0 Å². The maximum Gasteiger partial charge on any atom is 0.252 e. The van der Waals surface area contributed by atoms with Crippen LogP contribution in [0, 0.1) is 0 Å². The van der Waals surface area contributed by atoms with Crippen LogP contribution in [0.3, 0.4) is 0 Å². The third kappa shape index (κ3) is 9.21. The molecule has 16 aromatic rings. The second-order valence-corrected chi connectivity index (χ2v) is 24.3. The van der Waals surface area contributed by atoms with Gasteiger partial charge in [-0.1, -0.05) is 303 Å². The average Bonchev–Trinajstić information content (AvgIpc) is 0.943. The average molecular weight is 1200 g/mol. The van der Waals surface area contributed by atoms with Gasteiger partial charge in [0, 0.05) is 61.5 Å². The summed E-state index contributed by atoms with van der Waals surface area (Å²) in [5, 5.41) is 2.31. The minimum absolute atomic E-state index is 0.141. The highest BCUT2D eigenvalue weighted by atomic mass is 15.2. The first-order valence-corrected chi connectivity index (χ1v) is 32.1. The van der Waals surface area contributed by atoms with Crippen molar-refractivity contribution in [2.75, 3.05) is 9.80 Å². The standard InChI is InChI=1S/C90H60BN3/c1-8-28-61(29-9-1)68-50-53-84-81(57-68)91-80-52-51-73(92-82-48-24-22-42-78(82)79-43-23-25-49-83(79)92)60-85(80)94(90-76(66-38-18-6-19-39-66)46-27-47-77(90)67-40-20-7-21-41-67)87-59-72(71-55-69(62-30-10-2-11-31-62)54-70(56-71)63-32-12-3-13-33-63)58-86(88(87)91)93(84)89-74(64-34-14-4-15-35-64)44-26-45-75(89)65-36-16-5-17-37-65/h1-60H/i1D,8D,9D,28D,29D. The Morgan fingerprint density at radius 2 is 0.638 bits per heavy atom. The summed E-state index contributed by atoms with van der Waals surface area (Å²) in [6.07, 6.45) is 0. The SMILES string of the molecule is [2H]c1c([2H])c([2H])c(-c2ccc3c(c2)B2c4ccc(-n5c6ccccc6c6ccccc65)cc4N(c4c(-c5ccccc5)cccc4-c4ccccc4)c4cc(-c5cc(-c6ccccc6)cc(-c6ccccc6)c5)cc(c42)N3c2c(-c3ccccc3)cccc2-c2ccccc2)c([2H])c1[2H]. The van der Waals surface area contributed by atoms with Gasteiger partial charge < -0.3 is 14.4 Å². The lowest BCUT2D eigenvalue weighted by molar-refractivity contribution is 1.17. The highest BCUT2D eigenvalue weighted by molar-refractivity contribution is 7.00. The van der Waals surface area contributed by atoms with Gasteiger partial charge in [0.25, 0.3) is 6.71 Å². The fourth-order valence-corrected chi connectivity index (χ4v) is 14.9. The quantitative estimate of drug-likeness (QED) is 0.120. The Hall–Kier alpha value is -12.2. The molecular formula is C90H60BN3. The molecule has 0 fully saturated rings. The molecule has 1 aromatic heterocycles. The molecule has 3 nitrogen and oxygen atoms in total. The van der Waals surface area contributed by atoms with Crippen LogP contribution in [0.2, 0.25) is 0 Å². The number of nitrogens with zero attached hydrogens (tertiary/aromatic N) is 3. The van der Waals surface area contributed by atoms with Gasteiger partial charge in [-0.3, -0.25) is 0 Å². The number of aromatic nitrogens is 1. The number of hydrogen-bond donors (Lipinski definition) is 0. The van der Waals surface area contributed by atoms with E-state index in [2.05, 4.69) is 342 Å². The zero-order chi connectivity index (χ0) is 66.4. The Morgan fingerprint density at radius 1 is 0.245 bits per heavy atom. The van der Waals surface area contributed by atoms with Gasteiger partial charge in [-0.05, 0) is 144 Å². The molecule has 4 heteroatoms. The lowest BCUT2D eigenvalue weighted by Gasteiger charge is -2.46. The van der Waals surface area contributed by atoms with Crippen molar-refractivity contribution in [1.29, 1.82) is 0 Å². The van der Waals surface area contributed by atoms with Gasteiger partial charge in [-0.25, -0.2) is 0 Å². The van der Waals surface area contributed by atoms with Crippen molar-refractivity contribution in [3.8, 4) is 94.7 Å². The third-order valence-electron chi connectivity index (χ3n) is 19.0. The summed E-state index contributed by atoms with van der Waals surface area (Å²) in [5.41, 5.74) is 27.2. The molecule has 438 valence electrons. The van der Waals surface area contributed by atoms with E-state index >= 15 is 0 Å². The van der Waals surface area contributed by atoms with Crippen LogP contribution in [0.1, 0.15) is 6.85 Å². The molecule has 0 radical (unpaired) electrons. The van der Waals surface area contributed by atoms with Crippen molar-refractivity contribution in [2.45, 2.75) is 0 Å². The highest BCUT2D eigenvalue weighted by Crippen LogP contribution is 2.54. The first-order valence-electron chi connectivity index (χ1n) is 34.6. The van der Waals surface area contributed by atoms with Crippen LogP contribution in [-0.4, -0.2) is 11.3 Å². The molecule has 18 rings (SSSR count). The van der Waals surface area contributed by atoms with Gasteiger partial charge in [0.1, 0.15) is 0 Å². The van der Waals surface area contributed by atoms with Gasteiger partial charge >= 0.3 is 0 Å². The molecule has 0 spiro atoms. The summed E-state index contributed by atoms with van der Waals surface area (Å²) >= 11 is 0. The molecule has 0 aliphatic carbocycles. The lowest BCUT2D eigenvalue weighted by Crippen LogP contribution is -2.61. The lowest BCUT2D eigenvalue weighted by atomic mass is 9.33. The molecule has 2 aliphatic heterocycles. The normalized spacial score (nSPS) is 12.9. The number of para-hydroxylation sites is 4. The van der Waals surface area contributed by atoms with E-state index in [0.717, 1.165) is 156 Å². The van der Waals surface area contributed by atoms with Crippen molar-refractivity contribution in [1.82, 2.24) is 4.57 Å². The number of benzene rings is 15. The Kier molecular flexibility index (Phi) is 12.1. The first-order chi connectivity index (χ1) is 48.7. The number of rotatable bonds is 11. The second-order valence-electron chi connectivity index (χ2n) is 24.3. The molecule has 0 bridgehead atoms. The molecule has 0 saturated heterocycles. The van der Waals surface area contributed by atoms with Crippen LogP contribution in [0.15, 0.2) is 364 Å². The van der Waals surface area contributed by atoms with Crippen LogP contribution in [0.5, 0.6) is 0 Å². The van der Waals surface area contributed by atoms with Crippen LogP contribution < -0.4 is 26.2 Å². The largest absolute Gasteiger partial charge is 0.310 e. The summed E-state index contributed by atoms with van der Waals surface area (Å²) in [5.74, 6) is 0. The van der Waals surface area contributed by atoms with E-state index < -0.39 is 12.8 Å². The van der Waals surface area contributed by atoms with E-state index in [0.29, 0.717) is 5.56 Å². The minimum Gasteiger partial charge on any atom is -0.310 e. The molecule has 0 atom stereocenters. The number of anilines is 6. The molecule has 2 aliphatic rings. The summed E-state index contributed by atoms with van der Waals surface area (Å²) in [4.78, 5) is 5.06. The van der Waals surface area contributed by atoms with Gasteiger partial charge in [-0.15, -0.1) is 0 Å². The fraction of sp³-hybridized carbons (Fsp3) is 0. The fourth-order valence-electron chi connectivity index (χ4n) is 14.9. The molecule has 0 amide bonds. The second kappa shape index (κ2) is 22.9. The van der Waals surface area contributed by atoms with E-state index in [1.807, 2.05) is 6.07 Å². The van der Waals surface area contributed by atoms with E-state index in [1.165, 1.54) is 0 Å². The van der Waals surface area contributed by atoms with Crippen LogP contribution in [-0.2, 0) is 0 Å². The zero-order valence-corrected chi connectivity index (χ0v) is 51.2. The summed E-state index contributed by atoms with van der Waals surface area (Å²) in [7, 11) is 0. The monoisotopic (exact) mass is 1200 g/mol. The predicted molar refractivity (Wildman–Crippen MR) is 398 cm³/mol. The Balaban J connectivity index is 1.04. The van der Waals surface area contributed by atoms with E-state index in [9.17, 15) is 2.74 Å². The van der Waals surface area contributed by atoms with Crippen LogP contribution >= 0.6 is 0 Å². The van der Waals surface area contributed by atoms with E-state index in [4.69, 9.17) is 4.11 Å². The smallest absolute Gasteiger partial charge is 0.252 e.